The summed E-state index contributed by atoms with van der Waals surface area (Å²) in [5.41, 5.74) is 1.06. The van der Waals surface area contributed by atoms with Crippen LogP contribution in [0.1, 0.15) is 29.4 Å². The van der Waals surface area contributed by atoms with E-state index in [2.05, 4.69) is 27.5 Å². The highest BCUT2D eigenvalue weighted by Crippen LogP contribution is 2.19. The zero-order chi connectivity index (χ0) is 15.2. The standard InChI is InChI=1S/C15H17ClN4O/c1-3-8-17-12-7-6-11(16)13(19-12)15(21)20-14-10(2)5-4-9-18-14/h4-7,9H,3,8H2,1-2H3,(H,17,19)(H,18,20,21). The zero-order valence-electron chi connectivity index (χ0n) is 12.0. The maximum atomic E-state index is 12.3. The summed E-state index contributed by atoms with van der Waals surface area (Å²) in [6.45, 7) is 4.71. The minimum Gasteiger partial charge on any atom is -0.370 e. The lowest BCUT2D eigenvalue weighted by atomic mass is 10.2. The number of hydrogen-bond donors (Lipinski definition) is 2. The summed E-state index contributed by atoms with van der Waals surface area (Å²) >= 11 is 6.06. The van der Waals surface area contributed by atoms with E-state index in [9.17, 15) is 4.79 Å². The van der Waals surface area contributed by atoms with Gasteiger partial charge in [0.25, 0.3) is 5.91 Å². The average molecular weight is 305 g/mol. The number of nitrogens with zero attached hydrogens (tertiary/aromatic N) is 2. The molecule has 0 aliphatic carbocycles. The van der Waals surface area contributed by atoms with Crippen LogP contribution < -0.4 is 10.6 Å². The summed E-state index contributed by atoms with van der Waals surface area (Å²) in [5, 5.41) is 6.16. The molecule has 0 aromatic carbocycles. The maximum Gasteiger partial charge on any atom is 0.277 e. The summed E-state index contributed by atoms with van der Waals surface area (Å²) in [5.74, 6) is 0.762. The van der Waals surface area contributed by atoms with Gasteiger partial charge in [-0.25, -0.2) is 9.97 Å². The van der Waals surface area contributed by atoms with Crippen molar-refractivity contribution in [3.63, 3.8) is 0 Å². The quantitative estimate of drug-likeness (QED) is 0.887. The van der Waals surface area contributed by atoms with E-state index >= 15 is 0 Å². The van der Waals surface area contributed by atoms with Crippen LogP contribution in [-0.4, -0.2) is 22.4 Å². The van der Waals surface area contributed by atoms with E-state index in [1.807, 2.05) is 19.1 Å². The third-order valence-corrected chi connectivity index (χ3v) is 3.16. The van der Waals surface area contributed by atoms with Crippen LogP contribution in [0.15, 0.2) is 30.5 Å². The van der Waals surface area contributed by atoms with Gasteiger partial charge in [0.1, 0.15) is 17.3 Å². The molecule has 5 nitrogen and oxygen atoms in total. The van der Waals surface area contributed by atoms with Crippen LogP contribution in [0.4, 0.5) is 11.6 Å². The summed E-state index contributed by atoms with van der Waals surface area (Å²) in [7, 11) is 0. The van der Waals surface area contributed by atoms with Crippen LogP contribution >= 0.6 is 11.6 Å². The molecular weight excluding hydrogens is 288 g/mol. The fourth-order valence-electron chi connectivity index (χ4n) is 1.74. The second kappa shape index (κ2) is 7.04. The molecule has 6 heteroatoms. The van der Waals surface area contributed by atoms with Crippen molar-refractivity contribution in [3.05, 3.63) is 46.7 Å². The van der Waals surface area contributed by atoms with Gasteiger partial charge in [0.2, 0.25) is 0 Å². The second-order valence-electron chi connectivity index (χ2n) is 4.58. The number of pyridine rings is 2. The summed E-state index contributed by atoms with van der Waals surface area (Å²) in [6.07, 6.45) is 2.59. The number of halogens is 1. The van der Waals surface area contributed by atoms with Crippen LogP contribution in [-0.2, 0) is 0 Å². The molecule has 0 aliphatic rings. The van der Waals surface area contributed by atoms with Gasteiger partial charge in [-0.2, -0.15) is 0 Å². The van der Waals surface area contributed by atoms with E-state index < -0.39 is 0 Å². The molecule has 2 aromatic rings. The molecule has 2 heterocycles. The molecule has 0 saturated carbocycles. The van der Waals surface area contributed by atoms with Crippen LogP contribution in [0.2, 0.25) is 5.02 Å². The molecule has 0 spiro atoms. The molecule has 0 fully saturated rings. The van der Waals surface area contributed by atoms with E-state index in [-0.39, 0.29) is 11.6 Å². The fourth-order valence-corrected chi connectivity index (χ4v) is 1.93. The van der Waals surface area contributed by atoms with Gasteiger partial charge in [-0.05, 0) is 37.1 Å². The van der Waals surface area contributed by atoms with Crippen LogP contribution in [0, 0.1) is 6.92 Å². The Morgan fingerprint density at radius 3 is 2.86 bits per heavy atom. The summed E-state index contributed by atoms with van der Waals surface area (Å²) in [6, 6.07) is 7.09. The summed E-state index contributed by atoms with van der Waals surface area (Å²) < 4.78 is 0. The Balaban J connectivity index is 2.20. The number of hydrogen-bond acceptors (Lipinski definition) is 4. The molecule has 0 saturated heterocycles. The predicted molar refractivity (Wildman–Crippen MR) is 85.0 cm³/mol. The Morgan fingerprint density at radius 1 is 1.33 bits per heavy atom. The first-order chi connectivity index (χ1) is 10.1. The predicted octanol–water partition coefficient (Wildman–Crippen LogP) is 3.51. The second-order valence-corrected chi connectivity index (χ2v) is 4.98. The van der Waals surface area contributed by atoms with Gasteiger partial charge in [0.15, 0.2) is 0 Å². The highest BCUT2D eigenvalue weighted by atomic mass is 35.5. The van der Waals surface area contributed by atoms with Crippen LogP contribution in [0.25, 0.3) is 0 Å². The van der Waals surface area contributed by atoms with Gasteiger partial charge in [-0.1, -0.05) is 24.6 Å². The minimum atomic E-state index is -0.373. The lowest BCUT2D eigenvalue weighted by Gasteiger charge is -2.09. The molecule has 0 unspecified atom stereocenters. The van der Waals surface area contributed by atoms with Crippen molar-refractivity contribution in [2.75, 3.05) is 17.2 Å². The van der Waals surface area contributed by atoms with Crippen LogP contribution in [0.5, 0.6) is 0 Å². The number of carbonyl (C=O) groups excluding carboxylic acids is 1. The van der Waals surface area contributed by atoms with Crippen molar-refractivity contribution in [2.24, 2.45) is 0 Å². The molecule has 0 atom stereocenters. The third kappa shape index (κ3) is 3.92. The Kier molecular flexibility index (Phi) is 5.11. The first-order valence-corrected chi connectivity index (χ1v) is 7.13. The molecule has 0 aliphatic heterocycles. The number of nitrogens with one attached hydrogen (secondary N) is 2. The zero-order valence-corrected chi connectivity index (χ0v) is 12.7. The summed E-state index contributed by atoms with van der Waals surface area (Å²) in [4.78, 5) is 20.7. The van der Waals surface area contributed by atoms with Crippen molar-refractivity contribution in [1.29, 1.82) is 0 Å². The Labute approximate surface area is 128 Å². The molecule has 21 heavy (non-hydrogen) atoms. The van der Waals surface area contributed by atoms with Crippen molar-refractivity contribution < 1.29 is 4.79 Å². The largest absolute Gasteiger partial charge is 0.370 e. The Morgan fingerprint density at radius 2 is 2.14 bits per heavy atom. The van der Waals surface area contributed by atoms with Gasteiger partial charge in [0, 0.05) is 12.7 Å². The fraction of sp³-hybridized carbons (Fsp3) is 0.267. The number of aryl methyl sites for hydroxylation is 1. The van der Waals surface area contributed by atoms with Crippen LogP contribution in [0.3, 0.4) is 0 Å². The van der Waals surface area contributed by atoms with Crippen molar-refractivity contribution in [3.8, 4) is 0 Å². The molecule has 2 aromatic heterocycles. The lowest BCUT2D eigenvalue weighted by Crippen LogP contribution is -2.17. The topological polar surface area (TPSA) is 66.9 Å². The SMILES string of the molecule is CCCNc1ccc(Cl)c(C(=O)Nc2ncccc2C)n1. The number of anilines is 2. The molecule has 2 rings (SSSR count). The minimum absolute atomic E-state index is 0.183. The van der Waals surface area contributed by atoms with Crippen molar-refractivity contribution in [1.82, 2.24) is 9.97 Å². The van der Waals surface area contributed by atoms with E-state index in [1.165, 1.54) is 0 Å². The molecule has 110 valence electrons. The lowest BCUT2D eigenvalue weighted by molar-refractivity contribution is 0.102. The van der Waals surface area contributed by atoms with E-state index in [0.29, 0.717) is 16.7 Å². The molecule has 2 N–H and O–H groups in total. The van der Waals surface area contributed by atoms with E-state index in [1.54, 1.807) is 18.3 Å². The van der Waals surface area contributed by atoms with E-state index in [0.717, 1.165) is 18.5 Å². The van der Waals surface area contributed by atoms with Gasteiger partial charge in [-0.3, -0.25) is 4.79 Å². The highest BCUT2D eigenvalue weighted by molar-refractivity contribution is 6.34. The van der Waals surface area contributed by atoms with Gasteiger partial charge in [0.05, 0.1) is 5.02 Å². The Bertz CT molecular complexity index is 645. The Hall–Kier alpha value is -2.14. The number of amides is 1. The highest BCUT2D eigenvalue weighted by Gasteiger charge is 2.14. The molecular formula is C15H17ClN4O. The van der Waals surface area contributed by atoms with Gasteiger partial charge < -0.3 is 10.6 Å². The van der Waals surface area contributed by atoms with E-state index in [4.69, 9.17) is 11.6 Å². The monoisotopic (exact) mass is 304 g/mol. The van der Waals surface area contributed by atoms with Crippen molar-refractivity contribution >= 4 is 29.1 Å². The first-order valence-electron chi connectivity index (χ1n) is 6.75. The number of carbonyl (C=O) groups is 1. The number of rotatable bonds is 5. The average Bonchev–Trinajstić information content (AvgIpc) is 2.48. The van der Waals surface area contributed by atoms with Gasteiger partial charge >= 0.3 is 0 Å². The normalized spacial score (nSPS) is 10.2. The third-order valence-electron chi connectivity index (χ3n) is 2.86. The first kappa shape index (κ1) is 15.3. The molecule has 0 bridgehead atoms. The molecule has 0 radical (unpaired) electrons. The van der Waals surface area contributed by atoms with Crippen molar-refractivity contribution in [2.45, 2.75) is 20.3 Å². The smallest absolute Gasteiger partial charge is 0.277 e. The number of aromatic nitrogens is 2. The maximum absolute atomic E-state index is 12.3. The molecule has 1 amide bonds. The van der Waals surface area contributed by atoms with Gasteiger partial charge in [-0.15, -0.1) is 0 Å².